The van der Waals surface area contributed by atoms with Crippen molar-refractivity contribution in [2.24, 2.45) is 0 Å². The van der Waals surface area contributed by atoms with E-state index in [1.54, 1.807) is 0 Å². The van der Waals surface area contributed by atoms with Crippen molar-refractivity contribution in [3.8, 4) is 11.8 Å². The molecule has 20 heavy (non-hydrogen) atoms. The molecule has 6 heteroatoms. The number of nitrogens with zero attached hydrogens (tertiary/aromatic N) is 1. The molecule has 0 saturated carbocycles. The lowest BCUT2D eigenvalue weighted by Crippen LogP contribution is -2.36. The van der Waals surface area contributed by atoms with Gasteiger partial charge in [0.25, 0.3) is 0 Å². The van der Waals surface area contributed by atoms with Gasteiger partial charge in [0, 0.05) is 24.7 Å². The monoisotopic (exact) mass is 312 g/mol. The van der Waals surface area contributed by atoms with E-state index in [2.05, 4.69) is 21.5 Å². The van der Waals surface area contributed by atoms with Crippen molar-refractivity contribution in [1.29, 1.82) is 0 Å². The Hall–Kier alpha value is -1.06. The predicted molar refractivity (Wildman–Crippen MR) is 81.2 cm³/mol. The Kier molecular flexibility index (Phi) is 5.06. The molecule has 1 N–H and O–H groups in total. The topological polar surface area (TPSA) is 49.4 Å². The average molecular weight is 313 g/mol. The van der Waals surface area contributed by atoms with Crippen molar-refractivity contribution in [1.82, 2.24) is 9.62 Å². The third-order valence-corrected chi connectivity index (χ3v) is 4.14. The number of hydrogen-bond acceptors (Lipinski definition) is 3. The number of benzene rings is 1. The zero-order chi connectivity index (χ0) is 14.6. The van der Waals surface area contributed by atoms with Crippen LogP contribution in [-0.4, -0.2) is 45.2 Å². The van der Waals surface area contributed by atoms with Gasteiger partial charge in [-0.1, -0.05) is 35.6 Å². The van der Waals surface area contributed by atoms with Crippen molar-refractivity contribution in [3.63, 3.8) is 0 Å². The van der Waals surface area contributed by atoms with Gasteiger partial charge in [-0.2, -0.15) is 0 Å². The summed E-state index contributed by atoms with van der Waals surface area (Å²) in [6.45, 7) is 2.17. The van der Waals surface area contributed by atoms with Crippen LogP contribution in [0.2, 0.25) is 5.02 Å². The van der Waals surface area contributed by atoms with Gasteiger partial charge in [-0.3, -0.25) is 4.90 Å². The molecular formula is C14H17ClN2O2S. The van der Waals surface area contributed by atoms with E-state index in [9.17, 15) is 8.42 Å². The summed E-state index contributed by atoms with van der Waals surface area (Å²) in [6, 6.07) is 7.46. The van der Waals surface area contributed by atoms with Gasteiger partial charge in [0.05, 0.1) is 17.8 Å². The van der Waals surface area contributed by atoms with Crippen molar-refractivity contribution in [2.45, 2.75) is 12.5 Å². The van der Waals surface area contributed by atoms with E-state index in [0.717, 1.165) is 18.5 Å². The van der Waals surface area contributed by atoms with Gasteiger partial charge in [0.1, 0.15) is 0 Å². The second-order valence-electron chi connectivity index (χ2n) is 4.89. The summed E-state index contributed by atoms with van der Waals surface area (Å²) in [5.74, 6) is 6.12. The van der Waals surface area contributed by atoms with Crippen LogP contribution in [0.1, 0.15) is 12.0 Å². The summed E-state index contributed by atoms with van der Waals surface area (Å²) < 4.78 is 24.9. The molecule has 1 aliphatic rings. The Morgan fingerprint density at radius 2 is 2.20 bits per heavy atom. The maximum absolute atomic E-state index is 11.2. The van der Waals surface area contributed by atoms with Crippen LogP contribution >= 0.6 is 11.6 Å². The maximum Gasteiger partial charge on any atom is 0.208 e. The highest BCUT2D eigenvalue weighted by atomic mass is 35.5. The quantitative estimate of drug-likeness (QED) is 0.856. The molecule has 0 bridgehead atoms. The lowest BCUT2D eigenvalue weighted by Gasteiger charge is -2.12. The normalized spacial score (nSPS) is 19.6. The fourth-order valence-electron chi connectivity index (χ4n) is 2.18. The third-order valence-electron chi connectivity index (χ3n) is 3.05. The van der Waals surface area contributed by atoms with Crippen molar-refractivity contribution in [2.75, 3.05) is 25.9 Å². The molecule has 1 atom stereocenters. The van der Waals surface area contributed by atoms with Gasteiger partial charge in [-0.15, -0.1) is 0 Å². The number of rotatable bonds is 3. The van der Waals surface area contributed by atoms with Crippen LogP contribution < -0.4 is 4.72 Å². The van der Waals surface area contributed by atoms with Crippen molar-refractivity contribution in [3.05, 3.63) is 34.9 Å². The van der Waals surface area contributed by atoms with Crippen LogP contribution in [0.4, 0.5) is 0 Å². The van der Waals surface area contributed by atoms with E-state index >= 15 is 0 Å². The molecule has 1 fully saturated rings. The van der Waals surface area contributed by atoms with Crippen LogP contribution in [0.15, 0.2) is 24.3 Å². The summed E-state index contributed by atoms with van der Waals surface area (Å²) in [6.07, 6.45) is 2.01. The molecular weight excluding hydrogens is 296 g/mol. The van der Waals surface area contributed by atoms with E-state index in [4.69, 9.17) is 11.6 Å². The lowest BCUT2D eigenvalue weighted by molar-refractivity contribution is 0.374. The minimum atomic E-state index is -3.13. The van der Waals surface area contributed by atoms with Crippen molar-refractivity contribution >= 4 is 21.6 Å². The van der Waals surface area contributed by atoms with Gasteiger partial charge in [-0.05, 0) is 18.6 Å². The summed E-state index contributed by atoms with van der Waals surface area (Å²) in [5, 5.41) is 0.651. The smallest absolute Gasteiger partial charge is 0.208 e. The lowest BCUT2D eigenvalue weighted by atomic mass is 10.2. The Balaban J connectivity index is 1.87. The summed E-state index contributed by atoms with van der Waals surface area (Å²) >= 11 is 6.02. The van der Waals surface area contributed by atoms with Gasteiger partial charge in [0.15, 0.2) is 0 Å². The Bertz CT molecular complexity index is 634. The number of nitrogens with one attached hydrogen (secondary N) is 1. The molecule has 0 aliphatic carbocycles. The Labute approximate surface area is 125 Å². The number of hydrogen-bond donors (Lipinski definition) is 1. The highest BCUT2D eigenvalue weighted by Crippen LogP contribution is 2.13. The largest absolute Gasteiger partial charge is 0.291 e. The molecule has 2 rings (SSSR count). The maximum atomic E-state index is 11.2. The summed E-state index contributed by atoms with van der Waals surface area (Å²) in [7, 11) is -3.13. The van der Waals surface area contributed by atoms with Gasteiger partial charge in [0.2, 0.25) is 10.0 Å². The molecule has 1 saturated heterocycles. The molecule has 0 amide bonds. The first-order valence-electron chi connectivity index (χ1n) is 6.37. The van der Waals surface area contributed by atoms with E-state index in [1.807, 2.05) is 24.3 Å². The molecule has 0 aromatic heterocycles. The first-order chi connectivity index (χ1) is 9.44. The highest BCUT2D eigenvalue weighted by Gasteiger charge is 2.23. The zero-order valence-electron chi connectivity index (χ0n) is 11.3. The number of halogens is 1. The van der Waals surface area contributed by atoms with E-state index in [1.165, 1.54) is 6.26 Å². The second kappa shape index (κ2) is 6.59. The molecule has 1 aromatic rings. The standard InChI is InChI=1S/C14H17ClN2O2S/c1-20(18,19)16-13-8-10-17(11-13)9-4-6-12-5-2-3-7-14(12)15/h2-3,5,7,13,16H,8-11H2,1H3. The SMILES string of the molecule is CS(=O)(=O)NC1CCN(CC#Cc2ccccc2Cl)C1. The van der Waals surface area contributed by atoms with Gasteiger partial charge >= 0.3 is 0 Å². The van der Waals surface area contributed by atoms with E-state index < -0.39 is 10.0 Å². The van der Waals surface area contributed by atoms with Gasteiger partial charge < -0.3 is 0 Å². The Morgan fingerprint density at radius 3 is 2.90 bits per heavy atom. The highest BCUT2D eigenvalue weighted by molar-refractivity contribution is 7.88. The molecule has 0 spiro atoms. The minimum absolute atomic E-state index is 0.00730. The van der Waals surface area contributed by atoms with E-state index in [0.29, 0.717) is 18.1 Å². The molecule has 1 aromatic carbocycles. The third kappa shape index (κ3) is 4.80. The van der Waals surface area contributed by atoms with Crippen LogP contribution in [0, 0.1) is 11.8 Å². The van der Waals surface area contributed by atoms with Crippen molar-refractivity contribution < 1.29 is 8.42 Å². The molecule has 1 heterocycles. The van der Waals surface area contributed by atoms with Crippen LogP contribution in [-0.2, 0) is 10.0 Å². The molecule has 1 aliphatic heterocycles. The fraction of sp³-hybridized carbons (Fsp3) is 0.429. The molecule has 0 radical (unpaired) electrons. The first-order valence-corrected chi connectivity index (χ1v) is 8.64. The number of sulfonamides is 1. The average Bonchev–Trinajstić information content (AvgIpc) is 2.77. The van der Waals surface area contributed by atoms with Crippen LogP contribution in [0.3, 0.4) is 0 Å². The minimum Gasteiger partial charge on any atom is -0.291 e. The molecule has 108 valence electrons. The predicted octanol–water partition coefficient (Wildman–Crippen LogP) is 1.31. The van der Waals surface area contributed by atoms with Crippen LogP contribution in [0.5, 0.6) is 0 Å². The zero-order valence-corrected chi connectivity index (χ0v) is 12.8. The fourth-order valence-corrected chi connectivity index (χ4v) is 3.17. The first kappa shape index (κ1) is 15.3. The molecule has 4 nitrogen and oxygen atoms in total. The van der Waals surface area contributed by atoms with Crippen LogP contribution in [0.25, 0.3) is 0 Å². The second-order valence-corrected chi connectivity index (χ2v) is 7.08. The summed E-state index contributed by atoms with van der Waals surface area (Å²) in [4.78, 5) is 2.13. The molecule has 1 unspecified atom stereocenters. The summed E-state index contributed by atoms with van der Waals surface area (Å²) in [5.41, 5.74) is 0.819. The van der Waals surface area contributed by atoms with Gasteiger partial charge in [-0.25, -0.2) is 13.1 Å². The number of likely N-dealkylation sites (tertiary alicyclic amines) is 1. The Morgan fingerprint density at radius 1 is 1.45 bits per heavy atom. The van der Waals surface area contributed by atoms with E-state index in [-0.39, 0.29) is 6.04 Å².